The van der Waals surface area contributed by atoms with Gasteiger partial charge in [-0.25, -0.2) is 9.97 Å². The minimum atomic E-state index is -0.255. The molecule has 1 aliphatic rings. The summed E-state index contributed by atoms with van der Waals surface area (Å²) in [6.07, 6.45) is 7.44. The lowest BCUT2D eigenvalue weighted by Gasteiger charge is -2.19. The molecular formula is C26H25N5O2. The van der Waals surface area contributed by atoms with Crippen LogP contribution >= 0.6 is 0 Å². The van der Waals surface area contributed by atoms with Gasteiger partial charge in [-0.2, -0.15) is 4.98 Å². The normalized spacial score (nSPS) is 14.0. The zero-order chi connectivity index (χ0) is 22.9. The average molecular weight is 440 g/mol. The van der Waals surface area contributed by atoms with Gasteiger partial charge in [0.2, 0.25) is 5.95 Å². The second kappa shape index (κ2) is 8.58. The maximum Gasteiger partial charge on any atom is 0.263 e. The molecule has 7 nitrogen and oxygen atoms in total. The molecule has 0 bridgehead atoms. The van der Waals surface area contributed by atoms with Crippen molar-refractivity contribution < 1.29 is 4.79 Å². The smallest absolute Gasteiger partial charge is 0.263 e. The number of carbonyl (C=O) groups excluding carboxylic acids is 1. The molecule has 5 rings (SSSR count). The zero-order valence-electron chi connectivity index (χ0n) is 18.7. The van der Waals surface area contributed by atoms with Crippen molar-refractivity contribution in [3.05, 3.63) is 76.3 Å². The molecule has 166 valence electrons. The number of aromatic nitrogens is 4. The SMILES string of the molecule is CC(=O)c1c(C)c2cnc(Nc3ccc(-c4ccccc4)cn3)nc2n(C2CCCC2)c1=O. The van der Waals surface area contributed by atoms with Crippen molar-refractivity contribution in [2.45, 2.75) is 45.6 Å². The molecule has 3 heterocycles. The Bertz CT molecular complexity index is 1390. The van der Waals surface area contributed by atoms with Gasteiger partial charge in [0.15, 0.2) is 5.78 Å². The van der Waals surface area contributed by atoms with Gasteiger partial charge in [-0.15, -0.1) is 0 Å². The number of hydrogen-bond donors (Lipinski definition) is 1. The molecule has 1 aliphatic carbocycles. The molecule has 0 amide bonds. The van der Waals surface area contributed by atoms with E-state index in [9.17, 15) is 9.59 Å². The van der Waals surface area contributed by atoms with Gasteiger partial charge in [0, 0.05) is 29.4 Å². The molecule has 0 unspecified atom stereocenters. The number of hydrogen-bond acceptors (Lipinski definition) is 6. The molecule has 3 aromatic heterocycles. The second-order valence-electron chi connectivity index (χ2n) is 8.52. The van der Waals surface area contributed by atoms with Crippen molar-refractivity contribution in [1.29, 1.82) is 0 Å². The Morgan fingerprint density at radius 2 is 1.76 bits per heavy atom. The van der Waals surface area contributed by atoms with Crippen LogP contribution in [0, 0.1) is 6.92 Å². The van der Waals surface area contributed by atoms with Crippen LogP contribution in [0.25, 0.3) is 22.2 Å². The van der Waals surface area contributed by atoms with Gasteiger partial charge in [0.25, 0.3) is 5.56 Å². The molecule has 0 saturated heterocycles. The summed E-state index contributed by atoms with van der Waals surface area (Å²) in [5.41, 5.74) is 3.28. The van der Waals surface area contributed by atoms with Gasteiger partial charge in [-0.1, -0.05) is 43.2 Å². The van der Waals surface area contributed by atoms with Gasteiger partial charge in [0.05, 0.1) is 5.56 Å². The summed E-state index contributed by atoms with van der Waals surface area (Å²) >= 11 is 0. The third-order valence-electron chi connectivity index (χ3n) is 6.36. The third-order valence-corrected chi connectivity index (χ3v) is 6.36. The van der Waals surface area contributed by atoms with Crippen LogP contribution in [0.1, 0.15) is 54.6 Å². The molecule has 4 aromatic rings. The number of nitrogens with one attached hydrogen (secondary N) is 1. The largest absolute Gasteiger partial charge is 0.309 e. The fourth-order valence-corrected chi connectivity index (χ4v) is 4.69. The minimum Gasteiger partial charge on any atom is -0.309 e. The number of fused-ring (bicyclic) bond motifs is 1. The Kier molecular flexibility index (Phi) is 5.46. The predicted octanol–water partition coefficient (Wildman–Crippen LogP) is 5.22. The Labute approximate surface area is 191 Å². The maximum atomic E-state index is 13.3. The minimum absolute atomic E-state index is 0.0460. The van der Waals surface area contributed by atoms with Crippen molar-refractivity contribution in [2.75, 3.05) is 5.32 Å². The van der Waals surface area contributed by atoms with Gasteiger partial charge >= 0.3 is 0 Å². The summed E-state index contributed by atoms with van der Waals surface area (Å²) in [5.74, 6) is 0.750. The number of anilines is 2. The average Bonchev–Trinajstić information content (AvgIpc) is 3.34. The number of benzene rings is 1. The first kappa shape index (κ1) is 21.0. The van der Waals surface area contributed by atoms with E-state index in [-0.39, 0.29) is 22.9 Å². The number of ketones is 1. The van der Waals surface area contributed by atoms with E-state index in [1.54, 1.807) is 23.9 Å². The first-order valence-corrected chi connectivity index (χ1v) is 11.2. The van der Waals surface area contributed by atoms with Crippen LogP contribution in [0.3, 0.4) is 0 Å². The summed E-state index contributed by atoms with van der Waals surface area (Å²) in [6, 6.07) is 14.0. The number of carbonyl (C=O) groups is 1. The van der Waals surface area contributed by atoms with Gasteiger partial charge in [-0.3, -0.25) is 14.2 Å². The molecule has 0 radical (unpaired) electrons. The first-order chi connectivity index (χ1) is 16.0. The van der Waals surface area contributed by atoms with Crippen LogP contribution in [0.4, 0.5) is 11.8 Å². The van der Waals surface area contributed by atoms with Crippen molar-refractivity contribution in [1.82, 2.24) is 19.5 Å². The standard InChI is InChI=1S/C26H25N5O2/c1-16-21-15-28-26(29-22-13-12-19(14-27-22)18-8-4-3-5-9-18)30-24(21)31(20-10-6-7-11-20)25(33)23(16)17(2)32/h3-5,8-9,12-15,20H,6-7,10-11H2,1-2H3,(H,27,28,29,30). The van der Waals surface area contributed by atoms with Crippen LogP contribution in [-0.2, 0) is 0 Å². The lowest BCUT2D eigenvalue weighted by Crippen LogP contribution is -2.30. The fraction of sp³-hybridized carbons (Fsp3) is 0.269. The van der Waals surface area contributed by atoms with Crippen LogP contribution < -0.4 is 10.9 Å². The van der Waals surface area contributed by atoms with E-state index in [1.165, 1.54) is 6.92 Å². The van der Waals surface area contributed by atoms with Crippen molar-refractivity contribution in [3.63, 3.8) is 0 Å². The van der Waals surface area contributed by atoms with Crippen LogP contribution in [0.2, 0.25) is 0 Å². The quantitative estimate of drug-likeness (QED) is 0.429. The van der Waals surface area contributed by atoms with E-state index in [4.69, 9.17) is 4.98 Å². The van der Waals surface area contributed by atoms with E-state index >= 15 is 0 Å². The molecule has 1 N–H and O–H groups in total. The highest BCUT2D eigenvalue weighted by Gasteiger charge is 2.25. The van der Waals surface area contributed by atoms with Gasteiger partial charge in [0.1, 0.15) is 11.5 Å². The van der Waals surface area contributed by atoms with Crippen molar-refractivity contribution >= 4 is 28.6 Å². The molecule has 0 atom stereocenters. The summed E-state index contributed by atoms with van der Waals surface area (Å²) < 4.78 is 1.71. The molecule has 0 spiro atoms. The Balaban J connectivity index is 1.55. The lowest BCUT2D eigenvalue weighted by molar-refractivity contribution is 0.101. The van der Waals surface area contributed by atoms with E-state index in [2.05, 4.69) is 15.3 Å². The first-order valence-electron chi connectivity index (χ1n) is 11.2. The van der Waals surface area contributed by atoms with Crippen LogP contribution in [0.15, 0.2) is 59.7 Å². The second-order valence-corrected chi connectivity index (χ2v) is 8.52. The third kappa shape index (κ3) is 3.91. The fourth-order valence-electron chi connectivity index (χ4n) is 4.69. The van der Waals surface area contributed by atoms with E-state index in [1.807, 2.05) is 42.5 Å². The lowest BCUT2D eigenvalue weighted by atomic mass is 10.0. The van der Waals surface area contributed by atoms with Crippen molar-refractivity contribution in [3.8, 4) is 11.1 Å². The molecule has 0 aliphatic heterocycles. The Morgan fingerprint density at radius 1 is 1.00 bits per heavy atom. The summed E-state index contributed by atoms with van der Waals surface area (Å²) in [4.78, 5) is 39.2. The highest BCUT2D eigenvalue weighted by atomic mass is 16.1. The number of Topliss-reactive ketones (excluding diaryl/α,β-unsaturated/α-hetero) is 1. The predicted molar refractivity (Wildman–Crippen MR) is 129 cm³/mol. The highest BCUT2D eigenvalue weighted by Crippen LogP contribution is 2.32. The van der Waals surface area contributed by atoms with Crippen LogP contribution in [0.5, 0.6) is 0 Å². The number of nitrogens with zero attached hydrogens (tertiary/aromatic N) is 4. The summed E-state index contributed by atoms with van der Waals surface area (Å²) in [6.45, 7) is 3.23. The molecule has 33 heavy (non-hydrogen) atoms. The molecule has 1 saturated carbocycles. The van der Waals surface area contributed by atoms with E-state index in [0.29, 0.717) is 23.0 Å². The van der Waals surface area contributed by atoms with E-state index < -0.39 is 0 Å². The molecule has 1 aromatic carbocycles. The molecule has 1 fully saturated rings. The zero-order valence-corrected chi connectivity index (χ0v) is 18.7. The Morgan fingerprint density at radius 3 is 2.42 bits per heavy atom. The van der Waals surface area contributed by atoms with E-state index in [0.717, 1.165) is 42.2 Å². The topological polar surface area (TPSA) is 89.8 Å². The molecule has 7 heteroatoms. The summed E-state index contributed by atoms with van der Waals surface area (Å²) in [7, 11) is 0. The van der Waals surface area contributed by atoms with Crippen molar-refractivity contribution in [2.24, 2.45) is 0 Å². The number of rotatable bonds is 5. The summed E-state index contributed by atoms with van der Waals surface area (Å²) in [5, 5.41) is 3.88. The Hall–Kier alpha value is -3.87. The molecular weight excluding hydrogens is 414 g/mol. The number of pyridine rings is 2. The monoisotopic (exact) mass is 439 g/mol. The number of aryl methyl sites for hydroxylation is 1. The van der Waals surface area contributed by atoms with Gasteiger partial charge in [-0.05, 0) is 49.9 Å². The highest BCUT2D eigenvalue weighted by molar-refractivity contribution is 5.99. The maximum absolute atomic E-state index is 13.3. The van der Waals surface area contributed by atoms with Crippen LogP contribution in [-0.4, -0.2) is 25.3 Å². The van der Waals surface area contributed by atoms with Gasteiger partial charge < -0.3 is 5.32 Å².